The molecule has 1 aliphatic carbocycles. The van der Waals surface area contributed by atoms with E-state index in [4.69, 9.17) is 12.2 Å². The van der Waals surface area contributed by atoms with Gasteiger partial charge in [0.1, 0.15) is 0 Å². The second-order valence-electron chi connectivity index (χ2n) is 7.12. The SMILES string of the molecule is Cc1cccc(NC(=S)N2CCC(N(C)C3CCCC3)CC2)c1. The summed E-state index contributed by atoms with van der Waals surface area (Å²) in [7, 11) is 2.33. The van der Waals surface area contributed by atoms with Crippen LogP contribution in [0.3, 0.4) is 0 Å². The molecule has 1 saturated carbocycles. The summed E-state index contributed by atoms with van der Waals surface area (Å²) in [6, 6.07) is 9.97. The van der Waals surface area contributed by atoms with Crippen LogP contribution in [0.25, 0.3) is 0 Å². The lowest BCUT2D eigenvalue weighted by atomic mass is 10.0. The first kappa shape index (κ1) is 16.7. The predicted molar refractivity (Wildman–Crippen MR) is 102 cm³/mol. The topological polar surface area (TPSA) is 18.5 Å². The Morgan fingerprint density at radius 3 is 2.43 bits per heavy atom. The van der Waals surface area contributed by atoms with Gasteiger partial charge in [0.2, 0.25) is 0 Å². The Kier molecular flexibility index (Phi) is 5.54. The van der Waals surface area contributed by atoms with E-state index in [0.717, 1.165) is 36.0 Å². The van der Waals surface area contributed by atoms with Gasteiger partial charge < -0.3 is 15.1 Å². The zero-order valence-corrected chi connectivity index (χ0v) is 15.2. The monoisotopic (exact) mass is 331 g/mol. The van der Waals surface area contributed by atoms with Crippen molar-refractivity contribution in [3.8, 4) is 0 Å². The average Bonchev–Trinajstić information content (AvgIpc) is 3.09. The van der Waals surface area contributed by atoms with Gasteiger partial charge in [-0.1, -0.05) is 25.0 Å². The van der Waals surface area contributed by atoms with E-state index in [2.05, 4.69) is 53.4 Å². The zero-order chi connectivity index (χ0) is 16.2. The molecule has 0 bridgehead atoms. The molecule has 1 heterocycles. The lowest BCUT2D eigenvalue weighted by molar-refractivity contribution is 0.122. The van der Waals surface area contributed by atoms with Crippen molar-refractivity contribution < 1.29 is 0 Å². The maximum atomic E-state index is 5.61. The molecule has 0 aromatic heterocycles. The molecule has 0 atom stereocenters. The summed E-state index contributed by atoms with van der Waals surface area (Å²) < 4.78 is 0. The molecule has 2 fully saturated rings. The van der Waals surface area contributed by atoms with Gasteiger partial charge in [-0.2, -0.15) is 0 Å². The predicted octanol–water partition coefficient (Wildman–Crippen LogP) is 4.03. The molecule has 2 aliphatic rings. The highest BCUT2D eigenvalue weighted by Crippen LogP contribution is 2.27. The Morgan fingerprint density at radius 2 is 1.78 bits per heavy atom. The van der Waals surface area contributed by atoms with Crippen LogP contribution in [0.15, 0.2) is 24.3 Å². The Balaban J connectivity index is 1.49. The number of likely N-dealkylation sites (tertiary alicyclic amines) is 1. The fourth-order valence-corrected chi connectivity index (χ4v) is 4.31. The molecule has 126 valence electrons. The van der Waals surface area contributed by atoms with Crippen molar-refractivity contribution in [2.24, 2.45) is 0 Å². The molecule has 1 N–H and O–H groups in total. The van der Waals surface area contributed by atoms with Crippen LogP contribution in [-0.4, -0.2) is 47.1 Å². The van der Waals surface area contributed by atoms with E-state index >= 15 is 0 Å². The van der Waals surface area contributed by atoms with Gasteiger partial charge in [-0.15, -0.1) is 0 Å². The third kappa shape index (κ3) is 4.24. The van der Waals surface area contributed by atoms with Gasteiger partial charge in [-0.05, 0) is 69.6 Å². The quantitative estimate of drug-likeness (QED) is 0.843. The highest BCUT2D eigenvalue weighted by molar-refractivity contribution is 7.80. The number of hydrogen-bond donors (Lipinski definition) is 1. The van der Waals surface area contributed by atoms with Crippen molar-refractivity contribution in [2.75, 3.05) is 25.5 Å². The van der Waals surface area contributed by atoms with Crippen LogP contribution in [0.2, 0.25) is 0 Å². The molecule has 4 heteroatoms. The van der Waals surface area contributed by atoms with Crippen LogP contribution >= 0.6 is 12.2 Å². The number of hydrogen-bond acceptors (Lipinski definition) is 2. The minimum atomic E-state index is 0.733. The molecule has 0 amide bonds. The summed E-state index contributed by atoms with van der Waals surface area (Å²) in [6.45, 7) is 4.25. The van der Waals surface area contributed by atoms with Crippen molar-refractivity contribution in [2.45, 2.75) is 57.5 Å². The first-order valence-corrected chi connectivity index (χ1v) is 9.39. The van der Waals surface area contributed by atoms with Crippen molar-refractivity contribution in [3.05, 3.63) is 29.8 Å². The van der Waals surface area contributed by atoms with Crippen molar-refractivity contribution in [3.63, 3.8) is 0 Å². The van der Waals surface area contributed by atoms with Gasteiger partial charge in [-0.25, -0.2) is 0 Å². The number of rotatable bonds is 3. The maximum Gasteiger partial charge on any atom is 0.173 e. The van der Waals surface area contributed by atoms with E-state index in [0.29, 0.717) is 0 Å². The summed E-state index contributed by atoms with van der Waals surface area (Å²) in [4.78, 5) is 4.98. The highest BCUT2D eigenvalue weighted by atomic mass is 32.1. The minimum Gasteiger partial charge on any atom is -0.349 e. The number of thiocarbonyl (C=S) groups is 1. The van der Waals surface area contributed by atoms with Gasteiger partial charge in [0, 0.05) is 30.9 Å². The summed E-state index contributed by atoms with van der Waals surface area (Å²) in [6.07, 6.45) is 8.07. The summed E-state index contributed by atoms with van der Waals surface area (Å²) in [5.74, 6) is 0. The lowest BCUT2D eigenvalue weighted by Crippen LogP contribution is -2.48. The van der Waals surface area contributed by atoms with Gasteiger partial charge in [0.25, 0.3) is 0 Å². The summed E-state index contributed by atoms with van der Waals surface area (Å²) >= 11 is 5.61. The number of anilines is 1. The molecule has 1 aromatic carbocycles. The third-order valence-corrected chi connectivity index (χ3v) is 5.86. The Bertz CT molecular complexity index is 531. The smallest absolute Gasteiger partial charge is 0.173 e. The minimum absolute atomic E-state index is 0.733. The number of aryl methyl sites for hydroxylation is 1. The standard InChI is InChI=1S/C19H29N3S/c1-15-6-5-7-16(14-15)20-19(23)22-12-10-18(11-13-22)21(2)17-8-3-4-9-17/h5-7,14,17-18H,3-4,8-13H2,1-2H3,(H,20,23). The average molecular weight is 332 g/mol. The number of nitrogens with one attached hydrogen (secondary N) is 1. The summed E-state index contributed by atoms with van der Waals surface area (Å²) in [5, 5.41) is 4.27. The Labute approximate surface area is 146 Å². The Hall–Kier alpha value is -1.13. The molecule has 1 aliphatic heterocycles. The van der Waals surface area contributed by atoms with Gasteiger partial charge in [-0.3, -0.25) is 0 Å². The molecule has 1 saturated heterocycles. The van der Waals surface area contributed by atoms with Crippen molar-refractivity contribution >= 4 is 23.0 Å². The van der Waals surface area contributed by atoms with Gasteiger partial charge in [0.05, 0.1) is 0 Å². The van der Waals surface area contributed by atoms with Crippen molar-refractivity contribution in [1.82, 2.24) is 9.80 Å². The van der Waals surface area contributed by atoms with E-state index < -0.39 is 0 Å². The second-order valence-corrected chi connectivity index (χ2v) is 7.51. The molecule has 0 radical (unpaired) electrons. The molecule has 3 rings (SSSR count). The molecule has 3 nitrogen and oxygen atoms in total. The van der Waals surface area contributed by atoms with Crippen molar-refractivity contribution in [1.29, 1.82) is 0 Å². The van der Waals surface area contributed by atoms with Crippen LogP contribution in [0.4, 0.5) is 5.69 Å². The molecule has 0 spiro atoms. The molecule has 0 unspecified atom stereocenters. The van der Waals surface area contributed by atoms with E-state index in [9.17, 15) is 0 Å². The van der Waals surface area contributed by atoms with Crippen LogP contribution in [0, 0.1) is 6.92 Å². The first-order chi connectivity index (χ1) is 11.1. The molecule has 23 heavy (non-hydrogen) atoms. The van der Waals surface area contributed by atoms with Crippen LogP contribution in [-0.2, 0) is 0 Å². The molecular formula is C19H29N3S. The normalized spacial score (nSPS) is 20.2. The van der Waals surface area contributed by atoms with Crippen LogP contribution < -0.4 is 5.32 Å². The third-order valence-electron chi connectivity index (χ3n) is 5.50. The number of nitrogens with zero attached hydrogens (tertiary/aromatic N) is 2. The van der Waals surface area contributed by atoms with Crippen LogP contribution in [0.1, 0.15) is 44.1 Å². The first-order valence-electron chi connectivity index (χ1n) is 8.98. The fraction of sp³-hybridized carbons (Fsp3) is 0.632. The molecule has 1 aromatic rings. The van der Waals surface area contributed by atoms with Gasteiger partial charge >= 0.3 is 0 Å². The van der Waals surface area contributed by atoms with E-state index in [1.54, 1.807) is 0 Å². The van der Waals surface area contributed by atoms with E-state index in [1.807, 2.05) is 0 Å². The molecular weight excluding hydrogens is 302 g/mol. The lowest BCUT2D eigenvalue weighted by Gasteiger charge is -2.40. The highest BCUT2D eigenvalue weighted by Gasteiger charge is 2.29. The maximum absolute atomic E-state index is 5.61. The zero-order valence-electron chi connectivity index (χ0n) is 14.4. The van der Waals surface area contributed by atoms with Gasteiger partial charge in [0.15, 0.2) is 5.11 Å². The fourth-order valence-electron chi connectivity index (χ4n) is 4.01. The van der Waals surface area contributed by atoms with E-state index in [-0.39, 0.29) is 0 Å². The number of benzene rings is 1. The largest absolute Gasteiger partial charge is 0.349 e. The second kappa shape index (κ2) is 7.63. The number of piperidine rings is 1. The Morgan fingerprint density at radius 1 is 1.13 bits per heavy atom. The van der Waals surface area contributed by atoms with Crippen LogP contribution in [0.5, 0.6) is 0 Å². The summed E-state index contributed by atoms with van der Waals surface area (Å²) in [5.41, 5.74) is 2.36. The van der Waals surface area contributed by atoms with E-state index in [1.165, 1.54) is 44.1 Å².